The molecule has 5 nitrogen and oxygen atoms in total. The minimum atomic E-state index is -0.539. The number of rotatable bonds is 4. The number of hydrogen-bond donors (Lipinski definition) is 2. The Morgan fingerprint density at radius 2 is 2.05 bits per heavy atom. The molecular weight excluding hydrogens is 287 g/mol. The van der Waals surface area contributed by atoms with Gasteiger partial charge in [0.15, 0.2) is 11.6 Å². The molecule has 1 fully saturated rings. The summed E-state index contributed by atoms with van der Waals surface area (Å²) in [6.07, 6.45) is 0.785. The Bertz CT molecular complexity index is 479. The van der Waals surface area contributed by atoms with Crippen molar-refractivity contribution in [3.05, 3.63) is 17.9 Å². The molecule has 20 heavy (non-hydrogen) atoms. The Morgan fingerprint density at radius 1 is 1.35 bits per heavy atom. The molecule has 1 aliphatic heterocycles. The molecular formula is C13H18ClFN2O3. The summed E-state index contributed by atoms with van der Waals surface area (Å²) < 4.78 is 23.6. The number of hydrogen-bond acceptors (Lipinski definition) is 4. The maximum Gasteiger partial charge on any atom is 0.228 e. The van der Waals surface area contributed by atoms with Gasteiger partial charge in [-0.1, -0.05) is 0 Å². The highest BCUT2D eigenvalue weighted by Crippen LogP contribution is 2.32. The van der Waals surface area contributed by atoms with E-state index in [2.05, 4.69) is 10.6 Å². The lowest BCUT2D eigenvalue weighted by Gasteiger charge is -2.14. The van der Waals surface area contributed by atoms with E-state index < -0.39 is 5.82 Å². The Kier molecular flexibility index (Phi) is 6.04. The second-order valence-corrected chi connectivity index (χ2v) is 4.37. The van der Waals surface area contributed by atoms with Crippen molar-refractivity contribution in [2.75, 3.05) is 32.6 Å². The average Bonchev–Trinajstić information content (AvgIpc) is 2.93. The molecule has 0 spiro atoms. The van der Waals surface area contributed by atoms with Crippen molar-refractivity contribution in [1.29, 1.82) is 0 Å². The number of benzene rings is 1. The third-order valence-corrected chi connectivity index (χ3v) is 3.16. The van der Waals surface area contributed by atoms with Crippen LogP contribution in [0.5, 0.6) is 11.5 Å². The van der Waals surface area contributed by atoms with Crippen LogP contribution in [0.3, 0.4) is 0 Å². The van der Waals surface area contributed by atoms with Crippen LogP contribution < -0.4 is 20.1 Å². The Labute approximate surface area is 123 Å². The summed E-state index contributed by atoms with van der Waals surface area (Å²) in [6.45, 7) is 1.47. The maximum absolute atomic E-state index is 13.7. The van der Waals surface area contributed by atoms with Gasteiger partial charge in [-0.2, -0.15) is 0 Å². The van der Waals surface area contributed by atoms with Crippen LogP contribution in [0.25, 0.3) is 0 Å². The van der Waals surface area contributed by atoms with Crippen LogP contribution in [0.2, 0.25) is 0 Å². The standard InChI is InChI=1S/C13H17FN2O3.ClH/c1-18-11-6-12(19-2)10(5-9(11)14)16-13(17)8-3-4-15-7-8;/h5-6,8,15H,3-4,7H2,1-2H3,(H,16,17);1H. The summed E-state index contributed by atoms with van der Waals surface area (Å²) in [7, 11) is 2.83. The van der Waals surface area contributed by atoms with E-state index in [0.29, 0.717) is 18.0 Å². The third-order valence-electron chi connectivity index (χ3n) is 3.16. The normalized spacial score (nSPS) is 17.2. The van der Waals surface area contributed by atoms with Gasteiger partial charge in [0.25, 0.3) is 0 Å². The fourth-order valence-electron chi connectivity index (χ4n) is 2.07. The van der Waals surface area contributed by atoms with E-state index >= 15 is 0 Å². The molecule has 1 heterocycles. The van der Waals surface area contributed by atoms with Crippen LogP contribution in [0, 0.1) is 11.7 Å². The van der Waals surface area contributed by atoms with Crippen LogP contribution in [0.15, 0.2) is 12.1 Å². The van der Waals surface area contributed by atoms with E-state index in [-0.39, 0.29) is 30.0 Å². The van der Waals surface area contributed by atoms with Gasteiger partial charge in [0.2, 0.25) is 5.91 Å². The van der Waals surface area contributed by atoms with Gasteiger partial charge in [0.05, 0.1) is 25.8 Å². The minimum Gasteiger partial charge on any atom is -0.494 e. The first-order chi connectivity index (χ1) is 9.15. The van der Waals surface area contributed by atoms with Crippen LogP contribution in [0.4, 0.5) is 10.1 Å². The van der Waals surface area contributed by atoms with Gasteiger partial charge in [-0.25, -0.2) is 4.39 Å². The maximum atomic E-state index is 13.7. The number of carbonyl (C=O) groups is 1. The van der Waals surface area contributed by atoms with Gasteiger partial charge >= 0.3 is 0 Å². The van der Waals surface area contributed by atoms with Crippen molar-refractivity contribution in [1.82, 2.24) is 5.32 Å². The molecule has 1 amide bonds. The summed E-state index contributed by atoms with van der Waals surface area (Å²) >= 11 is 0. The van der Waals surface area contributed by atoms with Crippen LogP contribution in [-0.4, -0.2) is 33.2 Å². The Morgan fingerprint density at radius 3 is 2.60 bits per heavy atom. The van der Waals surface area contributed by atoms with Crippen molar-refractivity contribution in [3.63, 3.8) is 0 Å². The van der Waals surface area contributed by atoms with Crippen molar-refractivity contribution < 1.29 is 18.7 Å². The van der Waals surface area contributed by atoms with Crippen LogP contribution in [0.1, 0.15) is 6.42 Å². The minimum absolute atomic E-state index is 0. The first-order valence-electron chi connectivity index (χ1n) is 6.08. The summed E-state index contributed by atoms with van der Waals surface area (Å²) in [5, 5.41) is 5.81. The first kappa shape index (κ1) is 16.5. The number of anilines is 1. The number of methoxy groups -OCH3 is 2. The van der Waals surface area contributed by atoms with E-state index in [0.717, 1.165) is 13.0 Å². The lowest BCUT2D eigenvalue weighted by molar-refractivity contribution is -0.119. The molecule has 0 radical (unpaired) electrons. The zero-order valence-electron chi connectivity index (χ0n) is 11.4. The zero-order chi connectivity index (χ0) is 13.8. The van der Waals surface area contributed by atoms with E-state index in [1.165, 1.54) is 26.4 Å². The van der Waals surface area contributed by atoms with Crippen LogP contribution in [-0.2, 0) is 4.79 Å². The summed E-state index contributed by atoms with van der Waals surface area (Å²) in [4.78, 5) is 12.0. The molecule has 1 unspecified atom stereocenters. The number of carbonyl (C=O) groups excluding carboxylic acids is 1. The summed E-state index contributed by atoms with van der Waals surface area (Å²) in [5.74, 6) is -0.305. The topological polar surface area (TPSA) is 59.6 Å². The fourth-order valence-corrected chi connectivity index (χ4v) is 2.07. The average molecular weight is 305 g/mol. The van der Waals surface area contributed by atoms with E-state index in [9.17, 15) is 9.18 Å². The van der Waals surface area contributed by atoms with Crippen molar-refractivity contribution in [2.45, 2.75) is 6.42 Å². The molecule has 7 heteroatoms. The molecule has 0 bridgehead atoms. The van der Waals surface area contributed by atoms with Gasteiger partial charge in [0.1, 0.15) is 5.75 Å². The number of amides is 1. The Hall–Kier alpha value is -1.53. The SMILES string of the molecule is COc1cc(OC)c(NC(=O)C2CCNC2)cc1F.Cl. The largest absolute Gasteiger partial charge is 0.494 e. The molecule has 2 rings (SSSR count). The van der Waals surface area contributed by atoms with Crippen LogP contribution >= 0.6 is 12.4 Å². The molecule has 0 aromatic heterocycles. The van der Waals surface area contributed by atoms with Gasteiger partial charge in [-0.3, -0.25) is 4.79 Å². The van der Waals surface area contributed by atoms with E-state index in [1.54, 1.807) is 0 Å². The second-order valence-electron chi connectivity index (χ2n) is 4.37. The Balaban J connectivity index is 0.00000200. The molecule has 1 aromatic rings. The number of nitrogens with one attached hydrogen (secondary N) is 2. The lowest BCUT2D eigenvalue weighted by Crippen LogP contribution is -2.24. The molecule has 1 saturated heterocycles. The predicted molar refractivity (Wildman–Crippen MR) is 76.4 cm³/mol. The summed E-state index contributed by atoms with van der Waals surface area (Å²) in [6, 6.07) is 2.62. The number of halogens is 2. The molecule has 1 aliphatic rings. The highest BCUT2D eigenvalue weighted by Gasteiger charge is 2.23. The first-order valence-corrected chi connectivity index (χ1v) is 6.08. The molecule has 1 atom stereocenters. The van der Waals surface area contributed by atoms with E-state index in [4.69, 9.17) is 9.47 Å². The molecule has 1 aromatic carbocycles. The predicted octanol–water partition coefficient (Wildman–Crippen LogP) is 1.81. The molecule has 0 aliphatic carbocycles. The van der Waals surface area contributed by atoms with Gasteiger partial charge in [-0.05, 0) is 13.0 Å². The third kappa shape index (κ3) is 3.52. The molecule has 112 valence electrons. The highest BCUT2D eigenvalue weighted by molar-refractivity contribution is 5.94. The number of ether oxygens (including phenoxy) is 2. The van der Waals surface area contributed by atoms with Gasteiger partial charge < -0.3 is 20.1 Å². The van der Waals surface area contributed by atoms with Crippen molar-refractivity contribution >= 4 is 24.0 Å². The highest BCUT2D eigenvalue weighted by atomic mass is 35.5. The lowest BCUT2D eigenvalue weighted by atomic mass is 10.1. The molecule has 2 N–H and O–H groups in total. The molecule has 0 saturated carbocycles. The fraction of sp³-hybridized carbons (Fsp3) is 0.462. The van der Waals surface area contributed by atoms with E-state index in [1.807, 2.05) is 0 Å². The van der Waals surface area contributed by atoms with Crippen molar-refractivity contribution in [2.24, 2.45) is 5.92 Å². The smallest absolute Gasteiger partial charge is 0.228 e. The second kappa shape index (κ2) is 7.31. The van der Waals surface area contributed by atoms with Gasteiger partial charge in [0, 0.05) is 18.7 Å². The zero-order valence-corrected chi connectivity index (χ0v) is 12.2. The van der Waals surface area contributed by atoms with Gasteiger partial charge in [-0.15, -0.1) is 12.4 Å². The summed E-state index contributed by atoms with van der Waals surface area (Å²) in [5.41, 5.74) is 0.317. The monoisotopic (exact) mass is 304 g/mol. The quantitative estimate of drug-likeness (QED) is 0.891. The van der Waals surface area contributed by atoms with Crippen molar-refractivity contribution in [3.8, 4) is 11.5 Å².